The molecule has 1 atom stereocenters. The average molecular weight is 427 g/mol. The van der Waals surface area contributed by atoms with Crippen molar-refractivity contribution in [1.82, 2.24) is 9.80 Å². The van der Waals surface area contributed by atoms with E-state index in [0.717, 1.165) is 5.56 Å². The molecule has 3 rings (SSSR count). The number of rotatable bonds is 7. The minimum absolute atomic E-state index is 0.0670. The lowest BCUT2D eigenvalue weighted by Gasteiger charge is -2.32. The van der Waals surface area contributed by atoms with Gasteiger partial charge in [-0.3, -0.25) is 9.59 Å². The summed E-state index contributed by atoms with van der Waals surface area (Å²) in [6, 6.07) is 14.4. The van der Waals surface area contributed by atoms with Crippen LogP contribution in [0.25, 0.3) is 0 Å². The molecule has 0 bridgehead atoms. The standard InChI is InChI=1S/C24H30N2O5/c1-17(27)26-13-11-19(12-14-26)31-23-10-9-20(30-3)15-21(23)24(29)25(2)16-22(28)18-7-5-4-6-8-18/h4-10,15,19,22,28H,11-14,16H2,1-3H3/t22-/m0/s1. The number of benzene rings is 2. The Morgan fingerprint density at radius 2 is 1.84 bits per heavy atom. The lowest BCUT2D eigenvalue weighted by molar-refractivity contribution is -0.130. The monoisotopic (exact) mass is 426 g/mol. The second-order valence-corrected chi connectivity index (χ2v) is 7.80. The summed E-state index contributed by atoms with van der Waals surface area (Å²) in [6.45, 7) is 3.00. The molecule has 7 nitrogen and oxygen atoms in total. The quantitative estimate of drug-likeness (QED) is 0.737. The summed E-state index contributed by atoms with van der Waals surface area (Å²) in [5, 5.41) is 10.5. The molecule has 7 heteroatoms. The molecule has 1 heterocycles. The number of piperidine rings is 1. The summed E-state index contributed by atoms with van der Waals surface area (Å²) in [6.07, 6.45) is 0.556. The van der Waals surface area contributed by atoms with Gasteiger partial charge in [0.15, 0.2) is 0 Å². The normalized spacial score (nSPS) is 15.3. The molecule has 0 spiro atoms. The predicted octanol–water partition coefficient (Wildman–Crippen LogP) is 2.89. The molecule has 2 aromatic rings. The lowest BCUT2D eigenvalue weighted by Crippen LogP contribution is -2.41. The number of nitrogens with zero attached hydrogens (tertiary/aromatic N) is 2. The summed E-state index contributed by atoms with van der Waals surface area (Å²) < 4.78 is 11.5. The maximum atomic E-state index is 13.2. The smallest absolute Gasteiger partial charge is 0.257 e. The fourth-order valence-corrected chi connectivity index (χ4v) is 3.70. The zero-order chi connectivity index (χ0) is 22.4. The minimum Gasteiger partial charge on any atom is -0.497 e. The van der Waals surface area contributed by atoms with E-state index in [2.05, 4.69) is 0 Å². The van der Waals surface area contributed by atoms with E-state index in [1.54, 1.807) is 44.2 Å². The van der Waals surface area contributed by atoms with E-state index in [9.17, 15) is 14.7 Å². The molecule has 2 amide bonds. The highest BCUT2D eigenvalue weighted by molar-refractivity contribution is 5.97. The third-order valence-corrected chi connectivity index (χ3v) is 5.58. The number of aliphatic hydroxyl groups excluding tert-OH is 1. The van der Waals surface area contributed by atoms with Crippen LogP contribution in [0.1, 0.15) is 41.8 Å². The number of likely N-dealkylation sites (N-methyl/N-ethyl adjacent to an activating group) is 1. The van der Waals surface area contributed by atoms with Gasteiger partial charge in [0.25, 0.3) is 5.91 Å². The van der Waals surface area contributed by atoms with Gasteiger partial charge in [-0.05, 0) is 23.8 Å². The van der Waals surface area contributed by atoms with Gasteiger partial charge in [0.2, 0.25) is 5.91 Å². The number of hydrogen-bond donors (Lipinski definition) is 1. The van der Waals surface area contributed by atoms with Gasteiger partial charge in [0.1, 0.15) is 17.6 Å². The first-order chi connectivity index (χ1) is 14.9. The van der Waals surface area contributed by atoms with Crippen LogP contribution in [0.3, 0.4) is 0 Å². The van der Waals surface area contributed by atoms with Crippen molar-refractivity contribution in [3.8, 4) is 11.5 Å². The molecule has 0 saturated carbocycles. The number of ether oxygens (including phenoxy) is 2. The molecule has 31 heavy (non-hydrogen) atoms. The predicted molar refractivity (Wildman–Crippen MR) is 117 cm³/mol. The number of amides is 2. The van der Waals surface area contributed by atoms with Gasteiger partial charge in [-0.2, -0.15) is 0 Å². The highest BCUT2D eigenvalue weighted by atomic mass is 16.5. The van der Waals surface area contributed by atoms with Crippen molar-refractivity contribution in [1.29, 1.82) is 0 Å². The average Bonchev–Trinajstić information content (AvgIpc) is 2.79. The Kier molecular flexibility index (Phi) is 7.52. The summed E-state index contributed by atoms with van der Waals surface area (Å²) in [5.74, 6) is 0.842. The number of carbonyl (C=O) groups is 2. The molecule has 1 aliphatic heterocycles. The highest BCUT2D eigenvalue weighted by Crippen LogP contribution is 2.29. The van der Waals surface area contributed by atoms with E-state index in [-0.39, 0.29) is 24.5 Å². The van der Waals surface area contributed by atoms with E-state index < -0.39 is 6.10 Å². The largest absolute Gasteiger partial charge is 0.497 e. The Hall–Kier alpha value is -3.06. The Balaban J connectivity index is 1.73. The molecular weight excluding hydrogens is 396 g/mol. The number of likely N-dealkylation sites (tertiary alicyclic amines) is 1. The van der Waals surface area contributed by atoms with Crippen molar-refractivity contribution >= 4 is 11.8 Å². The summed E-state index contributed by atoms with van der Waals surface area (Å²) in [4.78, 5) is 28.0. The molecule has 1 saturated heterocycles. The maximum absolute atomic E-state index is 13.2. The van der Waals surface area contributed by atoms with Crippen LogP contribution in [0.4, 0.5) is 0 Å². The van der Waals surface area contributed by atoms with Crippen LogP contribution in [0, 0.1) is 0 Å². The van der Waals surface area contributed by atoms with Gasteiger partial charge in [-0.1, -0.05) is 30.3 Å². The molecule has 0 unspecified atom stereocenters. The van der Waals surface area contributed by atoms with Gasteiger partial charge >= 0.3 is 0 Å². The van der Waals surface area contributed by atoms with Gasteiger partial charge in [-0.15, -0.1) is 0 Å². The van der Waals surface area contributed by atoms with Gasteiger partial charge in [0, 0.05) is 39.9 Å². The second-order valence-electron chi connectivity index (χ2n) is 7.80. The van der Waals surface area contributed by atoms with Crippen LogP contribution in [0.15, 0.2) is 48.5 Å². The zero-order valence-electron chi connectivity index (χ0n) is 18.3. The highest BCUT2D eigenvalue weighted by Gasteiger charge is 2.25. The molecule has 1 N–H and O–H groups in total. The van der Waals surface area contributed by atoms with Crippen molar-refractivity contribution < 1.29 is 24.2 Å². The van der Waals surface area contributed by atoms with Crippen LogP contribution in [0.2, 0.25) is 0 Å². The first-order valence-corrected chi connectivity index (χ1v) is 10.5. The number of aliphatic hydroxyl groups is 1. The SMILES string of the molecule is COc1ccc(OC2CCN(C(C)=O)CC2)c(C(=O)N(C)C[C@H](O)c2ccccc2)c1. The zero-order valence-corrected chi connectivity index (χ0v) is 18.3. The Labute approximate surface area is 183 Å². The van der Waals surface area contributed by atoms with Crippen molar-refractivity contribution in [2.24, 2.45) is 0 Å². The van der Waals surface area contributed by atoms with E-state index in [4.69, 9.17) is 9.47 Å². The third-order valence-electron chi connectivity index (χ3n) is 5.58. The van der Waals surface area contributed by atoms with Crippen LogP contribution in [-0.4, -0.2) is 66.6 Å². The molecule has 1 aliphatic rings. The second kappa shape index (κ2) is 10.3. The summed E-state index contributed by atoms with van der Waals surface area (Å²) >= 11 is 0. The van der Waals surface area contributed by atoms with Crippen molar-refractivity contribution in [2.75, 3.05) is 33.8 Å². The first kappa shape index (κ1) is 22.6. The van der Waals surface area contributed by atoms with Gasteiger partial charge in [-0.25, -0.2) is 0 Å². The van der Waals surface area contributed by atoms with Crippen LogP contribution in [-0.2, 0) is 4.79 Å². The maximum Gasteiger partial charge on any atom is 0.257 e. The Morgan fingerprint density at radius 1 is 1.16 bits per heavy atom. The van der Waals surface area contributed by atoms with E-state index in [0.29, 0.717) is 43.0 Å². The number of carbonyl (C=O) groups excluding carboxylic acids is 2. The summed E-state index contributed by atoms with van der Waals surface area (Å²) in [5.41, 5.74) is 1.14. The molecule has 0 aromatic heterocycles. The van der Waals surface area contributed by atoms with Gasteiger partial charge < -0.3 is 24.4 Å². The molecule has 0 radical (unpaired) electrons. The third kappa shape index (κ3) is 5.76. The van der Waals surface area contributed by atoms with Crippen LogP contribution in [0.5, 0.6) is 11.5 Å². The molecule has 0 aliphatic carbocycles. The van der Waals surface area contributed by atoms with Crippen LogP contribution >= 0.6 is 0 Å². The Morgan fingerprint density at radius 3 is 2.45 bits per heavy atom. The van der Waals surface area contributed by atoms with Crippen molar-refractivity contribution in [2.45, 2.75) is 32.0 Å². The summed E-state index contributed by atoms with van der Waals surface area (Å²) in [7, 11) is 3.20. The van der Waals surface area contributed by atoms with Crippen molar-refractivity contribution in [3.63, 3.8) is 0 Å². The number of methoxy groups -OCH3 is 1. The first-order valence-electron chi connectivity index (χ1n) is 10.5. The topological polar surface area (TPSA) is 79.3 Å². The fourth-order valence-electron chi connectivity index (χ4n) is 3.70. The van der Waals surface area contributed by atoms with E-state index in [1.807, 2.05) is 30.3 Å². The molecular formula is C24H30N2O5. The fraction of sp³-hybridized carbons (Fsp3) is 0.417. The molecule has 1 fully saturated rings. The van der Waals surface area contributed by atoms with Crippen LogP contribution < -0.4 is 9.47 Å². The van der Waals surface area contributed by atoms with Gasteiger partial charge in [0.05, 0.1) is 25.3 Å². The number of hydrogen-bond acceptors (Lipinski definition) is 5. The lowest BCUT2D eigenvalue weighted by atomic mass is 10.1. The van der Waals surface area contributed by atoms with E-state index in [1.165, 1.54) is 4.90 Å². The molecule has 2 aromatic carbocycles. The molecule has 166 valence electrons. The minimum atomic E-state index is -0.791. The Bertz CT molecular complexity index is 894. The van der Waals surface area contributed by atoms with Crippen molar-refractivity contribution in [3.05, 3.63) is 59.7 Å². The van der Waals surface area contributed by atoms with E-state index >= 15 is 0 Å².